The smallest absolute Gasteiger partial charge is 0.352 e. The van der Waals surface area contributed by atoms with Crippen molar-refractivity contribution in [3.8, 4) is 0 Å². The van der Waals surface area contributed by atoms with Gasteiger partial charge in [-0.1, -0.05) is 5.16 Å². The number of carboxylic acids is 2. The Kier molecular flexibility index (Phi) is 7.82. The number of carbonyl (C=O) groups excluding carboxylic acids is 2. The molecule has 16 nitrogen and oxygen atoms in total. The van der Waals surface area contributed by atoms with Crippen LogP contribution in [0.4, 0.5) is 5.13 Å². The van der Waals surface area contributed by atoms with Gasteiger partial charge >= 0.3 is 11.9 Å². The molecule has 214 valence electrons. The van der Waals surface area contributed by atoms with E-state index in [4.69, 9.17) is 15.7 Å². The second kappa shape index (κ2) is 11.3. The largest absolute Gasteiger partial charge is 0.481 e. The second-order valence-electron chi connectivity index (χ2n) is 8.65. The summed E-state index contributed by atoms with van der Waals surface area (Å²) in [6.07, 6.45) is -0.371. The summed E-state index contributed by atoms with van der Waals surface area (Å²) in [5.41, 5.74) is 6.63. The number of nitrogens with zero attached hydrogens (tertiary/aromatic N) is 7. The molecule has 41 heavy (non-hydrogen) atoms. The first kappa shape index (κ1) is 28.3. The van der Waals surface area contributed by atoms with E-state index in [0.29, 0.717) is 16.3 Å². The number of fused-ring (bicyclic) bond motifs is 2. The fourth-order valence-electron chi connectivity index (χ4n) is 4.17. The van der Waals surface area contributed by atoms with Crippen molar-refractivity contribution < 1.29 is 34.2 Å². The van der Waals surface area contributed by atoms with Crippen LogP contribution in [-0.4, -0.2) is 99.2 Å². The highest BCUT2D eigenvalue weighted by molar-refractivity contribution is 8.01. The number of nitrogens with two attached hydrogens (primary N) is 1. The van der Waals surface area contributed by atoms with E-state index in [1.165, 1.54) is 45.4 Å². The van der Waals surface area contributed by atoms with Crippen LogP contribution in [0.5, 0.6) is 0 Å². The Bertz CT molecular complexity index is 1650. The highest BCUT2D eigenvalue weighted by Gasteiger charge is 2.54. The van der Waals surface area contributed by atoms with Crippen LogP contribution in [0.25, 0.3) is 5.78 Å². The third kappa shape index (κ3) is 5.55. The maximum absolute atomic E-state index is 13.1. The maximum Gasteiger partial charge on any atom is 0.352 e. The highest BCUT2D eigenvalue weighted by atomic mass is 32.2. The molecule has 5 heterocycles. The first-order valence-electron chi connectivity index (χ1n) is 11.7. The Morgan fingerprint density at radius 3 is 2.73 bits per heavy atom. The van der Waals surface area contributed by atoms with Gasteiger partial charge in [-0.05, 0) is 18.6 Å². The van der Waals surface area contributed by atoms with Crippen molar-refractivity contribution in [2.24, 2.45) is 5.16 Å². The van der Waals surface area contributed by atoms with Gasteiger partial charge < -0.3 is 26.1 Å². The minimum absolute atomic E-state index is 0.0927. The predicted molar refractivity (Wildman–Crippen MR) is 147 cm³/mol. The van der Waals surface area contributed by atoms with Crippen LogP contribution >= 0.6 is 34.9 Å². The van der Waals surface area contributed by atoms with E-state index in [-0.39, 0.29) is 51.8 Å². The van der Waals surface area contributed by atoms with E-state index in [2.05, 4.69) is 30.5 Å². The van der Waals surface area contributed by atoms with Gasteiger partial charge in [-0.3, -0.25) is 19.3 Å². The third-order valence-corrected chi connectivity index (χ3v) is 8.95. The van der Waals surface area contributed by atoms with Gasteiger partial charge in [0, 0.05) is 22.6 Å². The average Bonchev–Trinajstić information content (AvgIpc) is 3.52. The number of nitrogen functional groups attached to an aromatic ring is 1. The summed E-state index contributed by atoms with van der Waals surface area (Å²) in [6, 6.07) is 0.742. The van der Waals surface area contributed by atoms with Gasteiger partial charge in [0.05, 0.1) is 0 Å². The van der Waals surface area contributed by atoms with E-state index in [1.54, 1.807) is 13.0 Å². The average molecular weight is 620 g/mol. The standard InChI is InChI=1S/C22H21N9O7S3/c1-8-3-12(31-22(24-8)26-11(28-31)4-13(32)33)39-5-9-6-40-19-15(18(35)30(19)16(9)20(36)37)27-17(34)14(29-38-2)10-7-41-21(23)25-10/h3,7,15,19H,4-6H2,1-2H3,(H2,23,25)(H,27,34)(H,32,33)(H,36,37)/b29-14-/t15-,19-/m1/s1. The number of amides is 2. The molecule has 5 N–H and O–H groups in total. The number of carbonyl (C=O) groups is 4. The SMILES string of the molecule is CO/N=C(\C(=O)N[C@@H]1C(=O)N2C(C(=O)O)=C(CSc3cc(C)nc4nc(CC(=O)O)nn34)CS[C@H]12)c1csc(N)n1. The molecule has 0 radical (unpaired) electrons. The third-order valence-electron chi connectivity index (χ3n) is 5.85. The Labute approximate surface area is 243 Å². The summed E-state index contributed by atoms with van der Waals surface area (Å²) in [5, 5.41) is 31.3. The second-order valence-corrected chi connectivity index (χ2v) is 11.6. The van der Waals surface area contributed by atoms with Crippen molar-refractivity contribution in [3.63, 3.8) is 0 Å². The fourth-order valence-corrected chi connectivity index (χ4v) is 7.25. The van der Waals surface area contributed by atoms with E-state index in [1.807, 2.05) is 0 Å². The molecule has 0 aromatic carbocycles. The van der Waals surface area contributed by atoms with Crippen molar-refractivity contribution in [2.75, 3.05) is 24.3 Å². The molecule has 0 unspecified atom stereocenters. The van der Waals surface area contributed by atoms with Crippen LogP contribution in [-0.2, 0) is 30.4 Å². The number of aryl methyl sites for hydroxylation is 1. The van der Waals surface area contributed by atoms with E-state index >= 15 is 0 Å². The number of rotatable bonds is 10. The number of oxime groups is 1. The van der Waals surface area contributed by atoms with Crippen molar-refractivity contribution in [3.05, 3.63) is 39.9 Å². The van der Waals surface area contributed by atoms with Crippen molar-refractivity contribution in [1.29, 1.82) is 0 Å². The van der Waals surface area contributed by atoms with Crippen LogP contribution in [0.15, 0.2) is 32.9 Å². The summed E-state index contributed by atoms with van der Waals surface area (Å²) in [5.74, 6) is -2.86. The van der Waals surface area contributed by atoms with Crippen molar-refractivity contribution in [2.45, 2.75) is 29.8 Å². The molecular weight excluding hydrogens is 598 g/mol. The zero-order chi connectivity index (χ0) is 29.4. The fraction of sp³-hybridized carbons (Fsp3) is 0.318. The van der Waals surface area contributed by atoms with Gasteiger partial charge in [0.2, 0.25) is 0 Å². The molecule has 1 fully saturated rings. The summed E-state index contributed by atoms with van der Waals surface area (Å²) < 4.78 is 1.41. The van der Waals surface area contributed by atoms with Gasteiger partial charge in [0.15, 0.2) is 16.7 Å². The van der Waals surface area contributed by atoms with Crippen LogP contribution in [0, 0.1) is 6.92 Å². The molecule has 2 aliphatic heterocycles. The molecule has 0 spiro atoms. The quantitative estimate of drug-likeness (QED) is 0.0769. The van der Waals surface area contributed by atoms with Gasteiger partial charge in [0.1, 0.15) is 41.4 Å². The maximum atomic E-state index is 13.1. The number of thiazole rings is 1. The first-order chi connectivity index (χ1) is 19.6. The van der Waals surface area contributed by atoms with Gasteiger partial charge in [-0.25, -0.2) is 14.8 Å². The molecule has 3 aromatic heterocycles. The monoisotopic (exact) mass is 619 g/mol. The number of anilines is 1. The lowest BCUT2D eigenvalue weighted by molar-refractivity contribution is -0.150. The zero-order valence-electron chi connectivity index (χ0n) is 21.3. The summed E-state index contributed by atoms with van der Waals surface area (Å²) in [4.78, 5) is 67.8. The molecule has 5 rings (SSSR count). The number of hydrogen-bond acceptors (Lipinski definition) is 14. The van der Waals surface area contributed by atoms with Crippen LogP contribution < -0.4 is 11.1 Å². The predicted octanol–water partition coefficient (Wildman–Crippen LogP) is -0.0201. The lowest BCUT2D eigenvalue weighted by Gasteiger charge is -2.49. The Balaban J connectivity index is 1.34. The van der Waals surface area contributed by atoms with Gasteiger partial charge in [-0.15, -0.1) is 40.0 Å². The number of nitrogens with one attached hydrogen (secondary N) is 1. The Morgan fingerprint density at radius 1 is 1.29 bits per heavy atom. The van der Waals surface area contributed by atoms with Crippen molar-refractivity contribution >= 4 is 75.2 Å². The minimum atomic E-state index is -1.27. The van der Waals surface area contributed by atoms with Crippen LogP contribution in [0.2, 0.25) is 0 Å². The highest BCUT2D eigenvalue weighted by Crippen LogP contribution is 2.41. The Hall–Kier alpha value is -4.23. The summed E-state index contributed by atoms with van der Waals surface area (Å²) in [6.45, 7) is 1.75. The van der Waals surface area contributed by atoms with E-state index in [0.717, 1.165) is 11.3 Å². The summed E-state index contributed by atoms with van der Waals surface area (Å²) >= 11 is 3.68. The zero-order valence-corrected chi connectivity index (χ0v) is 23.7. The molecule has 19 heteroatoms. The van der Waals surface area contributed by atoms with E-state index < -0.39 is 35.2 Å². The molecule has 3 aromatic rings. The molecule has 0 aliphatic carbocycles. The number of thioether (sulfide) groups is 2. The molecule has 1 saturated heterocycles. The Morgan fingerprint density at radius 2 is 2.07 bits per heavy atom. The van der Waals surface area contributed by atoms with E-state index in [9.17, 15) is 24.3 Å². The number of β-lactam (4-membered cyclic amide) rings is 1. The number of aliphatic carboxylic acids is 2. The topological polar surface area (TPSA) is 228 Å². The number of hydrogen-bond donors (Lipinski definition) is 4. The molecule has 0 bridgehead atoms. The lowest BCUT2D eigenvalue weighted by atomic mass is 10.0. The lowest BCUT2D eigenvalue weighted by Crippen LogP contribution is -2.71. The van der Waals surface area contributed by atoms with Crippen molar-refractivity contribution in [1.82, 2.24) is 34.8 Å². The minimum Gasteiger partial charge on any atom is -0.481 e. The molecule has 2 aliphatic rings. The molecule has 2 amide bonds. The molecule has 0 saturated carbocycles. The van der Waals surface area contributed by atoms with Crippen LogP contribution in [0.3, 0.4) is 0 Å². The van der Waals surface area contributed by atoms with Gasteiger partial charge in [0.25, 0.3) is 17.6 Å². The first-order valence-corrected chi connectivity index (χ1v) is 14.6. The number of carboxylic acid groups (broad SMARTS) is 2. The van der Waals surface area contributed by atoms with Gasteiger partial charge in [-0.2, -0.15) is 9.50 Å². The molecular formula is C22H21N9O7S3. The number of aromatic nitrogens is 5. The normalized spacial score (nSPS) is 18.7. The summed E-state index contributed by atoms with van der Waals surface area (Å²) in [7, 11) is 1.26. The molecule has 2 atom stereocenters. The van der Waals surface area contributed by atoms with Crippen LogP contribution in [0.1, 0.15) is 17.2 Å².